The number of aromatic nitrogens is 1. The van der Waals surface area contributed by atoms with Crippen LogP contribution in [0.5, 0.6) is 0 Å². The van der Waals surface area contributed by atoms with Crippen LogP contribution in [-0.2, 0) is 17.7 Å². The van der Waals surface area contributed by atoms with Gasteiger partial charge in [0.05, 0.1) is 12.7 Å². The third-order valence-electron chi connectivity index (χ3n) is 4.86. The zero-order chi connectivity index (χ0) is 19.3. The fraction of sp³-hybridized carbons (Fsp3) is 0.429. The number of esters is 1. The molecule has 1 N–H and O–H groups in total. The summed E-state index contributed by atoms with van der Waals surface area (Å²) in [4.78, 5) is 30.5. The second-order valence-corrected chi connectivity index (χ2v) is 6.50. The van der Waals surface area contributed by atoms with Gasteiger partial charge in [-0.15, -0.1) is 0 Å². The van der Waals surface area contributed by atoms with Gasteiger partial charge < -0.3 is 14.6 Å². The van der Waals surface area contributed by atoms with Gasteiger partial charge in [0.25, 0.3) is 5.91 Å². The largest absolute Gasteiger partial charge is 0.465 e. The molecule has 1 aromatic heterocycles. The van der Waals surface area contributed by atoms with Crippen molar-refractivity contribution < 1.29 is 14.3 Å². The van der Waals surface area contributed by atoms with Crippen LogP contribution in [0.3, 0.4) is 0 Å². The summed E-state index contributed by atoms with van der Waals surface area (Å²) in [7, 11) is 1.36. The molecule has 140 valence electrons. The monoisotopic (exact) mass is 356 g/mol. The van der Waals surface area contributed by atoms with Crippen LogP contribution >= 0.6 is 0 Å². The van der Waals surface area contributed by atoms with E-state index in [1.54, 1.807) is 6.92 Å². The zero-order valence-corrected chi connectivity index (χ0v) is 16.3. The molecule has 1 aromatic carbocycles. The number of hydrogen-bond donors (Lipinski definition) is 1. The fourth-order valence-corrected chi connectivity index (χ4v) is 3.09. The van der Waals surface area contributed by atoms with Crippen LogP contribution in [0, 0.1) is 6.92 Å². The minimum atomic E-state index is -0.409. The van der Waals surface area contributed by atoms with E-state index in [1.807, 2.05) is 49.1 Å². The lowest BCUT2D eigenvalue weighted by Crippen LogP contribution is -2.38. The minimum Gasteiger partial charge on any atom is -0.465 e. The Morgan fingerprint density at radius 1 is 1.19 bits per heavy atom. The number of aryl methyl sites for hydroxylation is 1. The van der Waals surface area contributed by atoms with Crippen molar-refractivity contribution in [3.63, 3.8) is 0 Å². The number of hydrogen-bond acceptors (Lipinski definition) is 3. The Morgan fingerprint density at radius 2 is 1.85 bits per heavy atom. The molecular formula is C21H28N2O3. The molecule has 0 aliphatic heterocycles. The Balaban J connectivity index is 2.42. The van der Waals surface area contributed by atoms with E-state index in [4.69, 9.17) is 4.74 Å². The quantitative estimate of drug-likeness (QED) is 0.759. The SMILES string of the molecule is CCc1[nH]c(C(=O)N(Cc2ccccc2)C(C)CC)c(C)c1C(=O)OC. The Morgan fingerprint density at radius 3 is 2.38 bits per heavy atom. The second kappa shape index (κ2) is 8.70. The molecule has 1 unspecified atom stereocenters. The van der Waals surface area contributed by atoms with E-state index >= 15 is 0 Å². The molecule has 0 spiro atoms. The number of methoxy groups -OCH3 is 1. The van der Waals surface area contributed by atoms with Crippen molar-refractivity contribution in [2.75, 3.05) is 7.11 Å². The van der Waals surface area contributed by atoms with E-state index in [0.717, 1.165) is 17.7 Å². The van der Waals surface area contributed by atoms with Gasteiger partial charge in [-0.2, -0.15) is 0 Å². The maximum atomic E-state index is 13.3. The van der Waals surface area contributed by atoms with Crippen LogP contribution in [0.2, 0.25) is 0 Å². The summed E-state index contributed by atoms with van der Waals surface area (Å²) >= 11 is 0. The summed E-state index contributed by atoms with van der Waals surface area (Å²) in [5, 5.41) is 0. The van der Waals surface area contributed by atoms with Gasteiger partial charge in [0, 0.05) is 18.3 Å². The molecule has 0 saturated heterocycles. The van der Waals surface area contributed by atoms with Crippen LogP contribution in [0.4, 0.5) is 0 Å². The molecule has 0 radical (unpaired) electrons. The average molecular weight is 356 g/mol. The van der Waals surface area contributed by atoms with Crippen molar-refractivity contribution in [1.82, 2.24) is 9.88 Å². The highest BCUT2D eigenvalue weighted by atomic mass is 16.5. The molecule has 1 amide bonds. The van der Waals surface area contributed by atoms with E-state index < -0.39 is 5.97 Å². The Kier molecular flexibility index (Phi) is 6.61. The first-order chi connectivity index (χ1) is 12.4. The van der Waals surface area contributed by atoms with Gasteiger partial charge in [-0.1, -0.05) is 44.2 Å². The minimum absolute atomic E-state index is 0.0806. The molecule has 5 nitrogen and oxygen atoms in total. The number of H-pyrrole nitrogens is 1. The maximum absolute atomic E-state index is 13.3. The Hall–Kier alpha value is -2.56. The highest BCUT2D eigenvalue weighted by Crippen LogP contribution is 2.23. The zero-order valence-electron chi connectivity index (χ0n) is 16.3. The van der Waals surface area contributed by atoms with Crippen molar-refractivity contribution in [3.8, 4) is 0 Å². The van der Waals surface area contributed by atoms with Gasteiger partial charge >= 0.3 is 5.97 Å². The number of rotatable bonds is 7. The highest BCUT2D eigenvalue weighted by molar-refractivity contribution is 6.00. The topological polar surface area (TPSA) is 62.4 Å². The first kappa shape index (κ1) is 19.8. The second-order valence-electron chi connectivity index (χ2n) is 6.50. The maximum Gasteiger partial charge on any atom is 0.339 e. The number of ether oxygens (including phenoxy) is 1. The van der Waals surface area contributed by atoms with E-state index in [9.17, 15) is 9.59 Å². The number of carbonyl (C=O) groups excluding carboxylic acids is 2. The first-order valence-corrected chi connectivity index (χ1v) is 9.09. The number of benzene rings is 1. The van der Waals surface area contributed by atoms with Crippen LogP contribution in [-0.4, -0.2) is 34.9 Å². The van der Waals surface area contributed by atoms with Crippen molar-refractivity contribution in [2.24, 2.45) is 0 Å². The number of aromatic amines is 1. The number of amides is 1. The molecule has 2 aromatic rings. The lowest BCUT2D eigenvalue weighted by atomic mass is 10.1. The third-order valence-corrected chi connectivity index (χ3v) is 4.86. The van der Waals surface area contributed by atoms with Crippen LogP contribution in [0.25, 0.3) is 0 Å². The summed E-state index contributed by atoms with van der Waals surface area (Å²) in [5.74, 6) is -0.502. The fourth-order valence-electron chi connectivity index (χ4n) is 3.09. The Bertz CT molecular complexity index is 765. The van der Waals surface area contributed by atoms with E-state index in [1.165, 1.54) is 7.11 Å². The smallest absolute Gasteiger partial charge is 0.339 e. The molecule has 0 aliphatic carbocycles. The van der Waals surface area contributed by atoms with Gasteiger partial charge in [-0.3, -0.25) is 4.79 Å². The number of nitrogens with one attached hydrogen (secondary N) is 1. The standard InChI is InChI=1S/C21H28N2O3/c1-6-14(3)23(13-16-11-9-8-10-12-16)20(24)19-15(4)18(21(25)26-5)17(7-2)22-19/h8-12,14,22H,6-7,13H2,1-5H3. The lowest BCUT2D eigenvalue weighted by molar-refractivity contribution is 0.0599. The first-order valence-electron chi connectivity index (χ1n) is 9.09. The summed E-state index contributed by atoms with van der Waals surface area (Å²) < 4.78 is 4.89. The van der Waals surface area contributed by atoms with Gasteiger partial charge in [0.15, 0.2) is 0 Å². The van der Waals surface area contributed by atoms with E-state index in [0.29, 0.717) is 29.8 Å². The van der Waals surface area contributed by atoms with Crippen molar-refractivity contribution in [3.05, 3.63) is 58.4 Å². The van der Waals surface area contributed by atoms with Crippen LogP contribution < -0.4 is 0 Å². The van der Waals surface area contributed by atoms with Crippen molar-refractivity contribution in [2.45, 2.75) is 53.1 Å². The van der Waals surface area contributed by atoms with Crippen LogP contribution in [0.15, 0.2) is 30.3 Å². The third kappa shape index (κ3) is 3.98. The molecule has 26 heavy (non-hydrogen) atoms. The predicted molar refractivity (Wildman–Crippen MR) is 102 cm³/mol. The average Bonchev–Trinajstić information content (AvgIpc) is 3.01. The predicted octanol–water partition coefficient (Wildman–Crippen LogP) is 4.11. The molecule has 0 bridgehead atoms. The Labute approximate surface area is 155 Å². The summed E-state index contributed by atoms with van der Waals surface area (Å²) in [6, 6.07) is 10.0. The van der Waals surface area contributed by atoms with Crippen LogP contribution in [0.1, 0.15) is 64.9 Å². The van der Waals surface area contributed by atoms with Gasteiger partial charge in [-0.25, -0.2) is 4.79 Å². The summed E-state index contributed by atoms with van der Waals surface area (Å²) in [5.41, 5.74) is 3.41. The van der Waals surface area contributed by atoms with Gasteiger partial charge in [0.1, 0.15) is 5.69 Å². The van der Waals surface area contributed by atoms with Crippen molar-refractivity contribution in [1.29, 1.82) is 0 Å². The highest BCUT2D eigenvalue weighted by Gasteiger charge is 2.28. The molecular weight excluding hydrogens is 328 g/mol. The summed E-state index contributed by atoms with van der Waals surface area (Å²) in [6.45, 7) is 8.38. The molecule has 1 heterocycles. The molecule has 0 saturated carbocycles. The molecule has 2 rings (SSSR count). The van der Waals surface area contributed by atoms with Crippen molar-refractivity contribution >= 4 is 11.9 Å². The molecule has 1 atom stereocenters. The van der Waals surface area contributed by atoms with E-state index in [-0.39, 0.29) is 11.9 Å². The van der Waals surface area contributed by atoms with E-state index in [2.05, 4.69) is 11.9 Å². The lowest BCUT2D eigenvalue weighted by Gasteiger charge is -2.28. The van der Waals surface area contributed by atoms with Gasteiger partial charge in [-0.05, 0) is 37.8 Å². The molecule has 0 fully saturated rings. The number of carbonyl (C=O) groups is 2. The normalized spacial score (nSPS) is 11.9. The molecule has 5 heteroatoms. The summed E-state index contributed by atoms with van der Waals surface area (Å²) in [6.07, 6.45) is 1.48. The van der Waals surface area contributed by atoms with Gasteiger partial charge in [0.2, 0.25) is 0 Å². The number of nitrogens with zero attached hydrogens (tertiary/aromatic N) is 1. The molecule has 0 aliphatic rings.